The summed E-state index contributed by atoms with van der Waals surface area (Å²) in [5.41, 5.74) is -0.449. The van der Waals surface area contributed by atoms with E-state index in [1.807, 2.05) is 0 Å². The summed E-state index contributed by atoms with van der Waals surface area (Å²) in [5, 5.41) is 9.09. The Balaban J connectivity index is 2.48. The summed E-state index contributed by atoms with van der Waals surface area (Å²) in [6, 6.07) is 2.20. The number of carboxylic acids is 1. The van der Waals surface area contributed by atoms with Crippen molar-refractivity contribution in [3.05, 3.63) is 29.6 Å². The molecule has 116 valence electrons. The fraction of sp³-hybridized carbons (Fsp3) is 0.462. The van der Waals surface area contributed by atoms with Gasteiger partial charge < -0.3 is 9.84 Å². The van der Waals surface area contributed by atoms with Crippen LogP contribution < -0.4 is 0 Å². The van der Waals surface area contributed by atoms with E-state index in [0.717, 1.165) is 22.5 Å². The number of benzene rings is 1. The second-order valence-electron chi connectivity index (χ2n) is 4.90. The summed E-state index contributed by atoms with van der Waals surface area (Å²) in [4.78, 5) is 10.6. The third kappa shape index (κ3) is 2.92. The molecule has 0 aromatic heterocycles. The van der Waals surface area contributed by atoms with Gasteiger partial charge >= 0.3 is 5.97 Å². The summed E-state index contributed by atoms with van der Waals surface area (Å²) >= 11 is 0. The van der Waals surface area contributed by atoms with Crippen molar-refractivity contribution in [3.63, 3.8) is 0 Å². The number of hydrogen-bond acceptors (Lipinski definition) is 4. The Bertz CT molecular complexity index is 661. The zero-order chi connectivity index (χ0) is 15.8. The molecule has 0 saturated carbocycles. The molecule has 8 heteroatoms. The van der Waals surface area contributed by atoms with Crippen molar-refractivity contribution < 1.29 is 27.4 Å². The van der Waals surface area contributed by atoms with E-state index in [-0.39, 0.29) is 6.10 Å². The Morgan fingerprint density at radius 1 is 1.48 bits per heavy atom. The number of ether oxygens (including phenoxy) is 1. The Labute approximate surface area is 122 Å². The molecule has 21 heavy (non-hydrogen) atoms. The second kappa shape index (κ2) is 5.70. The fourth-order valence-corrected chi connectivity index (χ4v) is 4.06. The van der Waals surface area contributed by atoms with Crippen molar-refractivity contribution in [1.82, 2.24) is 4.31 Å². The van der Waals surface area contributed by atoms with Gasteiger partial charge in [-0.1, -0.05) is 0 Å². The van der Waals surface area contributed by atoms with Gasteiger partial charge in [0.2, 0.25) is 10.0 Å². The van der Waals surface area contributed by atoms with E-state index < -0.39 is 38.3 Å². The highest BCUT2D eigenvalue weighted by Crippen LogP contribution is 2.27. The number of carboxylic acid groups (broad SMARTS) is 1. The van der Waals surface area contributed by atoms with E-state index in [1.165, 1.54) is 7.05 Å². The Morgan fingerprint density at radius 3 is 2.67 bits per heavy atom. The standard InChI is InChI=1S/C13H16FNO5S/c1-8-11(5-6-20-8)15(2)21(18,19)12-7-9(14)3-4-10(12)13(16)17/h3-4,7-8,11H,5-6H2,1-2H3,(H,16,17). The van der Waals surface area contributed by atoms with Crippen LogP contribution in [-0.2, 0) is 14.8 Å². The van der Waals surface area contributed by atoms with Gasteiger partial charge in [0.05, 0.1) is 22.6 Å². The number of aromatic carboxylic acids is 1. The van der Waals surface area contributed by atoms with Crippen LogP contribution in [0.3, 0.4) is 0 Å². The summed E-state index contributed by atoms with van der Waals surface area (Å²) in [6.45, 7) is 2.17. The Kier molecular flexibility index (Phi) is 4.31. The van der Waals surface area contributed by atoms with Crippen LogP contribution in [0.2, 0.25) is 0 Å². The van der Waals surface area contributed by atoms with E-state index >= 15 is 0 Å². The highest BCUT2D eigenvalue weighted by atomic mass is 32.2. The molecule has 2 rings (SSSR count). The molecule has 2 atom stereocenters. The number of carbonyl (C=O) groups is 1. The predicted molar refractivity (Wildman–Crippen MR) is 72.1 cm³/mol. The third-order valence-corrected chi connectivity index (χ3v) is 5.56. The van der Waals surface area contributed by atoms with Crippen molar-refractivity contribution >= 4 is 16.0 Å². The first kappa shape index (κ1) is 15.9. The number of hydrogen-bond donors (Lipinski definition) is 1. The molecule has 0 amide bonds. The van der Waals surface area contributed by atoms with Crippen molar-refractivity contribution in [3.8, 4) is 0 Å². The zero-order valence-corrected chi connectivity index (χ0v) is 12.4. The maximum Gasteiger partial charge on any atom is 0.337 e. The minimum absolute atomic E-state index is 0.299. The zero-order valence-electron chi connectivity index (χ0n) is 11.6. The summed E-state index contributed by atoms with van der Waals surface area (Å²) < 4.78 is 44.9. The number of rotatable bonds is 4. The molecule has 1 aliphatic rings. The summed E-state index contributed by atoms with van der Waals surface area (Å²) in [7, 11) is -2.77. The van der Waals surface area contributed by atoms with Crippen molar-refractivity contribution in [2.45, 2.75) is 30.4 Å². The van der Waals surface area contributed by atoms with Crippen LogP contribution in [0, 0.1) is 5.82 Å². The molecule has 0 spiro atoms. The number of nitrogens with zero attached hydrogens (tertiary/aromatic N) is 1. The second-order valence-corrected chi connectivity index (χ2v) is 6.86. The highest BCUT2D eigenvalue weighted by molar-refractivity contribution is 7.89. The van der Waals surface area contributed by atoms with Gasteiger partial charge in [-0.3, -0.25) is 0 Å². The van der Waals surface area contributed by atoms with Crippen LogP contribution in [0.5, 0.6) is 0 Å². The Hall–Kier alpha value is -1.51. The van der Waals surface area contributed by atoms with E-state index in [4.69, 9.17) is 9.84 Å². The van der Waals surface area contributed by atoms with Gasteiger partial charge in [-0.25, -0.2) is 17.6 Å². The monoisotopic (exact) mass is 317 g/mol. The molecule has 1 heterocycles. The molecule has 1 aromatic carbocycles. The molecule has 0 bridgehead atoms. The normalized spacial score (nSPS) is 22.7. The highest BCUT2D eigenvalue weighted by Gasteiger charge is 2.37. The first-order valence-electron chi connectivity index (χ1n) is 6.37. The van der Waals surface area contributed by atoms with Gasteiger partial charge in [0, 0.05) is 13.7 Å². The van der Waals surface area contributed by atoms with E-state index in [2.05, 4.69) is 0 Å². The van der Waals surface area contributed by atoms with Crippen LogP contribution in [-0.4, -0.2) is 49.6 Å². The first-order chi connectivity index (χ1) is 9.75. The number of likely N-dealkylation sites (N-methyl/N-ethyl adjacent to an activating group) is 1. The molecule has 2 unspecified atom stereocenters. The van der Waals surface area contributed by atoms with Gasteiger partial charge in [0.1, 0.15) is 5.82 Å². The van der Waals surface area contributed by atoms with Crippen LogP contribution >= 0.6 is 0 Å². The lowest BCUT2D eigenvalue weighted by atomic mass is 10.2. The average molecular weight is 317 g/mol. The summed E-state index contributed by atoms with van der Waals surface area (Å²) in [5.74, 6) is -2.22. The molecular formula is C13H16FNO5S. The maximum atomic E-state index is 13.4. The lowest BCUT2D eigenvalue weighted by molar-refractivity contribution is 0.0692. The minimum Gasteiger partial charge on any atom is -0.478 e. The number of halogens is 1. The lowest BCUT2D eigenvalue weighted by Crippen LogP contribution is -2.41. The van der Waals surface area contributed by atoms with E-state index in [1.54, 1.807) is 6.92 Å². The van der Waals surface area contributed by atoms with Crippen LogP contribution in [0.1, 0.15) is 23.7 Å². The molecule has 1 aromatic rings. The topological polar surface area (TPSA) is 83.9 Å². The number of sulfonamides is 1. The third-order valence-electron chi connectivity index (χ3n) is 3.63. The SMILES string of the molecule is CC1OCCC1N(C)S(=O)(=O)c1cc(F)ccc1C(=O)O. The van der Waals surface area contributed by atoms with Crippen molar-refractivity contribution in [2.24, 2.45) is 0 Å². The quantitative estimate of drug-likeness (QED) is 0.905. The molecule has 6 nitrogen and oxygen atoms in total. The van der Waals surface area contributed by atoms with Gasteiger partial charge in [0.25, 0.3) is 0 Å². The van der Waals surface area contributed by atoms with E-state index in [9.17, 15) is 17.6 Å². The smallest absolute Gasteiger partial charge is 0.337 e. The molecular weight excluding hydrogens is 301 g/mol. The Morgan fingerprint density at radius 2 is 2.14 bits per heavy atom. The molecule has 1 aliphatic heterocycles. The fourth-order valence-electron chi connectivity index (χ4n) is 2.42. The van der Waals surface area contributed by atoms with Gasteiger partial charge in [-0.15, -0.1) is 0 Å². The predicted octanol–water partition coefficient (Wildman–Crippen LogP) is 1.32. The van der Waals surface area contributed by atoms with Gasteiger partial charge in [-0.2, -0.15) is 4.31 Å². The largest absolute Gasteiger partial charge is 0.478 e. The minimum atomic E-state index is -4.12. The van der Waals surface area contributed by atoms with Crippen LogP contribution in [0.15, 0.2) is 23.1 Å². The van der Waals surface area contributed by atoms with Crippen molar-refractivity contribution in [2.75, 3.05) is 13.7 Å². The lowest BCUT2D eigenvalue weighted by Gasteiger charge is -2.26. The van der Waals surface area contributed by atoms with Crippen LogP contribution in [0.4, 0.5) is 4.39 Å². The molecule has 1 fully saturated rings. The van der Waals surface area contributed by atoms with Gasteiger partial charge in [-0.05, 0) is 31.5 Å². The molecule has 1 saturated heterocycles. The molecule has 0 radical (unpaired) electrons. The molecule has 1 N–H and O–H groups in total. The molecule has 0 aliphatic carbocycles. The average Bonchev–Trinajstić information content (AvgIpc) is 2.83. The maximum absolute atomic E-state index is 13.4. The summed E-state index contributed by atoms with van der Waals surface area (Å²) in [6.07, 6.45) is 0.209. The first-order valence-corrected chi connectivity index (χ1v) is 7.81. The van der Waals surface area contributed by atoms with Crippen LogP contribution in [0.25, 0.3) is 0 Å². The van der Waals surface area contributed by atoms with E-state index in [0.29, 0.717) is 13.0 Å². The van der Waals surface area contributed by atoms with Crippen molar-refractivity contribution in [1.29, 1.82) is 0 Å². The van der Waals surface area contributed by atoms with Gasteiger partial charge in [0.15, 0.2) is 0 Å².